The van der Waals surface area contributed by atoms with Gasteiger partial charge in [0.25, 0.3) is 0 Å². The van der Waals surface area contributed by atoms with E-state index in [-0.39, 0.29) is 18.0 Å². The van der Waals surface area contributed by atoms with Crippen molar-refractivity contribution >= 4 is 15.9 Å². The van der Waals surface area contributed by atoms with Gasteiger partial charge in [0.15, 0.2) is 0 Å². The van der Waals surface area contributed by atoms with Crippen molar-refractivity contribution in [3.8, 4) is 0 Å². The van der Waals surface area contributed by atoms with Crippen LogP contribution < -0.4 is 10.6 Å². The van der Waals surface area contributed by atoms with E-state index < -0.39 is 10.0 Å². The molecule has 0 fully saturated rings. The van der Waals surface area contributed by atoms with Crippen molar-refractivity contribution in [2.45, 2.75) is 51.6 Å². The van der Waals surface area contributed by atoms with E-state index in [1.807, 2.05) is 27.7 Å². The zero-order chi connectivity index (χ0) is 18.3. The summed E-state index contributed by atoms with van der Waals surface area (Å²) in [6, 6.07) is 6.44. The van der Waals surface area contributed by atoms with Crippen LogP contribution in [-0.4, -0.2) is 44.3 Å². The fourth-order valence-electron chi connectivity index (χ4n) is 2.52. The molecule has 0 aliphatic carbocycles. The molecular formula is C17H29N3O3S. The van der Waals surface area contributed by atoms with E-state index >= 15 is 0 Å². The van der Waals surface area contributed by atoms with Gasteiger partial charge in [0.1, 0.15) is 0 Å². The lowest BCUT2D eigenvalue weighted by molar-refractivity contribution is -0.122. The number of carbonyl (C=O) groups excluding carboxylic acids is 1. The fraction of sp³-hybridized carbons (Fsp3) is 0.588. The quantitative estimate of drug-likeness (QED) is 0.709. The number of hydrogen-bond donors (Lipinski definition) is 2. The highest BCUT2D eigenvalue weighted by atomic mass is 32.2. The summed E-state index contributed by atoms with van der Waals surface area (Å²) >= 11 is 0. The molecule has 0 aromatic heterocycles. The maximum Gasteiger partial charge on any atom is 0.243 e. The number of likely N-dealkylation sites (N-methyl/N-ethyl adjacent to an activating group) is 1. The van der Waals surface area contributed by atoms with E-state index in [1.165, 1.54) is 4.31 Å². The summed E-state index contributed by atoms with van der Waals surface area (Å²) in [5, 5.41) is 5.98. The first-order valence-corrected chi connectivity index (χ1v) is 9.85. The van der Waals surface area contributed by atoms with Crippen LogP contribution in [0.25, 0.3) is 0 Å². The molecule has 6 nitrogen and oxygen atoms in total. The number of carbonyl (C=O) groups is 1. The zero-order valence-corrected chi connectivity index (χ0v) is 16.0. The second kappa shape index (κ2) is 9.15. The van der Waals surface area contributed by atoms with Crippen LogP contribution in [0.15, 0.2) is 29.2 Å². The highest BCUT2D eigenvalue weighted by Gasteiger charge is 2.22. The highest BCUT2D eigenvalue weighted by molar-refractivity contribution is 7.89. The van der Waals surface area contributed by atoms with Gasteiger partial charge in [-0.05, 0) is 38.5 Å². The van der Waals surface area contributed by atoms with Crippen LogP contribution in [0.3, 0.4) is 0 Å². The Balaban J connectivity index is 2.85. The minimum Gasteiger partial charge on any atom is -0.355 e. The number of nitrogens with one attached hydrogen (secondary N) is 2. The second-order valence-corrected chi connectivity index (χ2v) is 7.60. The average molecular weight is 356 g/mol. The molecule has 1 rings (SSSR count). The first-order chi connectivity index (χ1) is 11.3. The molecule has 0 saturated carbocycles. The Labute approximate surface area is 145 Å². The minimum atomic E-state index is -3.44. The van der Waals surface area contributed by atoms with E-state index in [4.69, 9.17) is 0 Å². The number of hydrogen-bond acceptors (Lipinski definition) is 4. The van der Waals surface area contributed by atoms with Crippen molar-refractivity contribution in [2.24, 2.45) is 0 Å². The van der Waals surface area contributed by atoms with Gasteiger partial charge in [-0.1, -0.05) is 26.0 Å². The van der Waals surface area contributed by atoms with Crippen molar-refractivity contribution < 1.29 is 13.2 Å². The Morgan fingerprint density at radius 2 is 1.62 bits per heavy atom. The van der Waals surface area contributed by atoms with E-state index in [9.17, 15) is 13.2 Å². The van der Waals surface area contributed by atoms with E-state index in [1.54, 1.807) is 31.2 Å². The van der Waals surface area contributed by atoms with Gasteiger partial charge >= 0.3 is 0 Å². The number of sulfonamides is 1. The third-order valence-electron chi connectivity index (χ3n) is 3.97. The van der Waals surface area contributed by atoms with Crippen LogP contribution in [0.1, 0.15) is 46.2 Å². The number of nitrogens with zero attached hydrogens (tertiary/aromatic N) is 1. The molecule has 0 aliphatic rings. The predicted molar refractivity (Wildman–Crippen MR) is 96.2 cm³/mol. The summed E-state index contributed by atoms with van der Waals surface area (Å²) in [6.45, 7) is 10.8. The Morgan fingerprint density at radius 1 is 1.08 bits per heavy atom. The molecular weight excluding hydrogens is 326 g/mol. The van der Waals surface area contributed by atoms with Gasteiger partial charge in [-0.25, -0.2) is 8.42 Å². The van der Waals surface area contributed by atoms with Crippen LogP contribution in [0.5, 0.6) is 0 Å². The largest absolute Gasteiger partial charge is 0.355 e. The van der Waals surface area contributed by atoms with Gasteiger partial charge in [-0.2, -0.15) is 4.31 Å². The topological polar surface area (TPSA) is 78.5 Å². The summed E-state index contributed by atoms with van der Waals surface area (Å²) < 4.78 is 26.4. The molecule has 2 N–H and O–H groups in total. The normalized spacial score (nSPS) is 14.4. The summed E-state index contributed by atoms with van der Waals surface area (Å²) in [4.78, 5) is 12.1. The summed E-state index contributed by atoms with van der Waals surface area (Å²) in [7, 11) is -3.44. The van der Waals surface area contributed by atoms with Gasteiger partial charge in [0.2, 0.25) is 15.9 Å². The predicted octanol–water partition coefficient (Wildman–Crippen LogP) is 1.89. The molecule has 1 amide bonds. The third-order valence-corrected chi connectivity index (χ3v) is 6.03. The highest BCUT2D eigenvalue weighted by Crippen LogP contribution is 2.19. The van der Waals surface area contributed by atoms with Crippen molar-refractivity contribution in [1.82, 2.24) is 14.9 Å². The van der Waals surface area contributed by atoms with Crippen LogP contribution in [0.2, 0.25) is 0 Å². The van der Waals surface area contributed by atoms with Crippen LogP contribution in [0, 0.1) is 0 Å². The van der Waals surface area contributed by atoms with Crippen molar-refractivity contribution in [1.29, 1.82) is 0 Å². The number of benzene rings is 1. The first-order valence-electron chi connectivity index (χ1n) is 8.41. The fourth-order valence-corrected chi connectivity index (χ4v) is 3.97. The van der Waals surface area contributed by atoms with Gasteiger partial charge in [0.05, 0.1) is 10.9 Å². The van der Waals surface area contributed by atoms with Crippen molar-refractivity contribution in [2.75, 3.05) is 19.6 Å². The molecule has 0 heterocycles. The van der Waals surface area contributed by atoms with Crippen molar-refractivity contribution in [3.63, 3.8) is 0 Å². The van der Waals surface area contributed by atoms with E-state index in [0.717, 1.165) is 5.56 Å². The molecule has 136 valence electrons. The number of amides is 1. The molecule has 0 aliphatic heterocycles. The lowest BCUT2D eigenvalue weighted by atomic mass is 10.1. The summed E-state index contributed by atoms with van der Waals surface area (Å²) in [5.41, 5.74) is 0.935. The van der Waals surface area contributed by atoms with E-state index in [2.05, 4.69) is 10.6 Å². The van der Waals surface area contributed by atoms with Gasteiger partial charge < -0.3 is 5.32 Å². The second-order valence-electron chi connectivity index (χ2n) is 5.66. The first kappa shape index (κ1) is 20.6. The van der Waals surface area contributed by atoms with E-state index in [0.29, 0.717) is 24.5 Å². The molecule has 0 radical (unpaired) electrons. The minimum absolute atomic E-state index is 0.0509. The Morgan fingerprint density at radius 3 is 2.08 bits per heavy atom. The number of rotatable bonds is 9. The standard InChI is InChI=1S/C17H29N3O3S/c1-6-18-17(21)14(5)19-13(4)15-9-11-16(12-10-15)24(22,23)20(7-2)8-3/h9-14,19H,6-8H2,1-5H3,(H,18,21)/t13-,14-/m1/s1. The maximum atomic E-state index is 12.5. The van der Waals surface area contributed by atoms with Crippen LogP contribution in [-0.2, 0) is 14.8 Å². The Kier molecular flexibility index (Phi) is 7.86. The van der Waals surface area contributed by atoms with Crippen LogP contribution in [0.4, 0.5) is 0 Å². The molecule has 0 unspecified atom stereocenters. The lowest BCUT2D eigenvalue weighted by Crippen LogP contribution is -2.43. The van der Waals surface area contributed by atoms with Gasteiger partial charge in [0, 0.05) is 25.7 Å². The Hall–Kier alpha value is -1.44. The summed E-state index contributed by atoms with van der Waals surface area (Å²) in [5.74, 6) is -0.0509. The molecule has 7 heteroatoms. The molecule has 0 spiro atoms. The van der Waals surface area contributed by atoms with Gasteiger partial charge in [-0.3, -0.25) is 10.1 Å². The zero-order valence-electron chi connectivity index (χ0n) is 15.2. The average Bonchev–Trinajstić information content (AvgIpc) is 2.56. The molecule has 0 bridgehead atoms. The maximum absolute atomic E-state index is 12.5. The molecule has 2 atom stereocenters. The molecule has 1 aromatic carbocycles. The molecule has 0 saturated heterocycles. The van der Waals surface area contributed by atoms with Gasteiger partial charge in [-0.15, -0.1) is 0 Å². The van der Waals surface area contributed by atoms with Crippen LogP contribution >= 0.6 is 0 Å². The molecule has 1 aromatic rings. The third kappa shape index (κ3) is 5.03. The monoisotopic (exact) mass is 355 g/mol. The summed E-state index contributed by atoms with van der Waals surface area (Å²) in [6.07, 6.45) is 0. The Bertz CT molecular complexity index is 625. The lowest BCUT2D eigenvalue weighted by Gasteiger charge is -2.21. The molecule has 24 heavy (non-hydrogen) atoms. The SMILES string of the molecule is CCNC(=O)[C@@H](C)N[C@H](C)c1ccc(S(=O)(=O)N(CC)CC)cc1. The smallest absolute Gasteiger partial charge is 0.243 e. The van der Waals surface area contributed by atoms with Crippen molar-refractivity contribution in [3.05, 3.63) is 29.8 Å².